The number of aryl methyl sites for hydroxylation is 1. The van der Waals surface area contributed by atoms with E-state index in [-0.39, 0.29) is 12.5 Å². The summed E-state index contributed by atoms with van der Waals surface area (Å²) < 4.78 is 0. The molecule has 0 bridgehead atoms. The Labute approximate surface area is 144 Å². The van der Waals surface area contributed by atoms with Crippen LogP contribution in [-0.4, -0.2) is 49.2 Å². The molecule has 4 nitrogen and oxygen atoms in total. The van der Waals surface area contributed by atoms with Crippen LogP contribution in [0.4, 0.5) is 0 Å². The van der Waals surface area contributed by atoms with E-state index in [1.54, 1.807) is 6.07 Å². The molecule has 1 atom stereocenters. The van der Waals surface area contributed by atoms with Crippen LogP contribution < -0.4 is 5.32 Å². The third kappa shape index (κ3) is 4.91. The number of aliphatic hydroxyl groups is 1. The Hall–Kier alpha value is -2.17. The molecular formula is C20H26N2O2. The van der Waals surface area contributed by atoms with Crippen molar-refractivity contribution in [2.75, 3.05) is 27.2 Å². The average Bonchev–Trinajstić information content (AvgIpc) is 2.59. The minimum Gasteiger partial charge on any atom is -0.390 e. The van der Waals surface area contributed by atoms with Crippen LogP contribution in [0.15, 0.2) is 48.5 Å². The van der Waals surface area contributed by atoms with E-state index in [4.69, 9.17) is 0 Å². The van der Waals surface area contributed by atoms with Gasteiger partial charge in [0.1, 0.15) is 0 Å². The van der Waals surface area contributed by atoms with Crippen LogP contribution >= 0.6 is 0 Å². The summed E-state index contributed by atoms with van der Waals surface area (Å²) in [7, 11) is 3.78. The standard InChI is InChI=1S/C20H26N2O2/c1-4-15-8-5-6-11-19(15)16-9-7-10-17(12-16)20(24)21-13-18(23)14-22(2)3/h5-12,18,23H,4,13-14H2,1-3H3,(H,21,24)/t18-/m0/s1. The largest absolute Gasteiger partial charge is 0.390 e. The van der Waals surface area contributed by atoms with Crippen molar-refractivity contribution in [3.63, 3.8) is 0 Å². The van der Waals surface area contributed by atoms with Gasteiger partial charge in [-0.2, -0.15) is 0 Å². The number of rotatable bonds is 7. The van der Waals surface area contributed by atoms with Crippen molar-refractivity contribution in [1.82, 2.24) is 10.2 Å². The van der Waals surface area contributed by atoms with E-state index in [9.17, 15) is 9.90 Å². The molecule has 0 aliphatic rings. The molecule has 0 heterocycles. The van der Waals surface area contributed by atoms with Crippen LogP contribution in [0.25, 0.3) is 11.1 Å². The molecule has 0 saturated heterocycles. The Morgan fingerprint density at radius 2 is 1.92 bits per heavy atom. The van der Waals surface area contributed by atoms with Gasteiger partial charge in [-0.25, -0.2) is 0 Å². The third-order valence-electron chi connectivity index (χ3n) is 3.91. The highest BCUT2D eigenvalue weighted by atomic mass is 16.3. The van der Waals surface area contributed by atoms with Gasteiger partial charge in [-0.05, 0) is 49.3 Å². The van der Waals surface area contributed by atoms with Gasteiger partial charge in [0.15, 0.2) is 0 Å². The molecule has 2 N–H and O–H groups in total. The molecule has 1 amide bonds. The van der Waals surface area contributed by atoms with Crippen molar-refractivity contribution < 1.29 is 9.90 Å². The van der Waals surface area contributed by atoms with Crippen molar-refractivity contribution in [1.29, 1.82) is 0 Å². The Morgan fingerprint density at radius 1 is 1.17 bits per heavy atom. The van der Waals surface area contributed by atoms with Crippen LogP contribution in [-0.2, 0) is 6.42 Å². The number of amides is 1. The molecule has 0 aromatic heterocycles. The Balaban J connectivity index is 2.11. The molecule has 0 spiro atoms. The first-order chi connectivity index (χ1) is 11.5. The van der Waals surface area contributed by atoms with Crippen LogP contribution in [0.1, 0.15) is 22.8 Å². The predicted octanol–water partition coefficient (Wildman–Crippen LogP) is 2.57. The van der Waals surface area contributed by atoms with Crippen molar-refractivity contribution >= 4 is 5.91 Å². The molecule has 2 rings (SSSR count). The molecule has 0 aliphatic carbocycles. The van der Waals surface area contributed by atoms with Gasteiger partial charge in [-0.3, -0.25) is 4.79 Å². The highest BCUT2D eigenvalue weighted by Gasteiger charge is 2.11. The average molecular weight is 326 g/mol. The maximum Gasteiger partial charge on any atom is 0.251 e. The molecule has 2 aromatic rings. The smallest absolute Gasteiger partial charge is 0.251 e. The van der Waals surface area contributed by atoms with Crippen LogP contribution in [0.3, 0.4) is 0 Å². The van der Waals surface area contributed by atoms with Gasteiger partial charge in [0.25, 0.3) is 5.91 Å². The van der Waals surface area contributed by atoms with E-state index in [2.05, 4.69) is 24.4 Å². The van der Waals surface area contributed by atoms with E-state index in [0.29, 0.717) is 12.1 Å². The molecule has 24 heavy (non-hydrogen) atoms. The first kappa shape index (κ1) is 18.2. The molecule has 0 radical (unpaired) electrons. The zero-order valence-electron chi connectivity index (χ0n) is 14.6. The molecule has 128 valence electrons. The van der Waals surface area contributed by atoms with Crippen molar-refractivity contribution in [2.24, 2.45) is 0 Å². The van der Waals surface area contributed by atoms with Gasteiger partial charge in [-0.1, -0.05) is 43.3 Å². The fourth-order valence-corrected chi connectivity index (χ4v) is 2.74. The number of carbonyl (C=O) groups is 1. The van der Waals surface area contributed by atoms with E-state index in [0.717, 1.165) is 17.5 Å². The quantitative estimate of drug-likeness (QED) is 0.822. The van der Waals surface area contributed by atoms with Crippen molar-refractivity contribution in [3.05, 3.63) is 59.7 Å². The Kier molecular flexibility index (Phi) is 6.53. The number of hydrogen-bond donors (Lipinski definition) is 2. The summed E-state index contributed by atoms with van der Waals surface area (Å²) in [6, 6.07) is 15.9. The van der Waals surface area contributed by atoms with E-state index < -0.39 is 6.10 Å². The number of benzene rings is 2. The highest BCUT2D eigenvalue weighted by Crippen LogP contribution is 2.24. The maximum atomic E-state index is 12.3. The number of nitrogens with zero attached hydrogens (tertiary/aromatic N) is 1. The second-order valence-electron chi connectivity index (χ2n) is 6.22. The molecular weight excluding hydrogens is 300 g/mol. The van der Waals surface area contributed by atoms with E-state index in [1.165, 1.54) is 5.56 Å². The third-order valence-corrected chi connectivity index (χ3v) is 3.91. The monoisotopic (exact) mass is 326 g/mol. The van der Waals surface area contributed by atoms with Gasteiger partial charge < -0.3 is 15.3 Å². The lowest BCUT2D eigenvalue weighted by atomic mass is 9.97. The summed E-state index contributed by atoms with van der Waals surface area (Å²) >= 11 is 0. The fourth-order valence-electron chi connectivity index (χ4n) is 2.74. The summed E-state index contributed by atoms with van der Waals surface area (Å²) in [5, 5.41) is 12.7. The maximum absolute atomic E-state index is 12.3. The molecule has 4 heteroatoms. The zero-order chi connectivity index (χ0) is 17.5. The van der Waals surface area contributed by atoms with Gasteiger partial charge in [0.05, 0.1) is 6.10 Å². The SMILES string of the molecule is CCc1ccccc1-c1cccc(C(=O)NC[C@H](O)CN(C)C)c1. The minimum atomic E-state index is -0.576. The van der Waals surface area contributed by atoms with Gasteiger partial charge in [0.2, 0.25) is 0 Å². The number of hydrogen-bond acceptors (Lipinski definition) is 3. The lowest BCUT2D eigenvalue weighted by Gasteiger charge is -2.16. The summed E-state index contributed by atoms with van der Waals surface area (Å²) in [5.74, 6) is -0.163. The number of aliphatic hydroxyl groups excluding tert-OH is 1. The predicted molar refractivity (Wildman–Crippen MR) is 98.2 cm³/mol. The van der Waals surface area contributed by atoms with Crippen LogP contribution in [0.5, 0.6) is 0 Å². The minimum absolute atomic E-state index is 0.163. The number of likely N-dealkylation sites (N-methyl/N-ethyl adjacent to an activating group) is 1. The van der Waals surface area contributed by atoms with Gasteiger partial charge in [-0.15, -0.1) is 0 Å². The Morgan fingerprint density at radius 3 is 2.62 bits per heavy atom. The van der Waals surface area contributed by atoms with Crippen molar-refractivity contribution in [2.45, 2.75) is 19.4 Å². The highest BCUT2D eigenvalue weighted by molar-refractivity contribution is 5.95. The van der Waals surface area contributed by atoms with Crippen LogP contribution in [0, 0.1) is 0 Å². The fraction of sp³-hybridized carbons (Fsp3) is 0.350. The van der Waals surface area contributed by atoms with E-state index >= 15 is 0 Å². The number of nitrogens with one attached hydrogen (secondary N) is 1. The van der Waals surface area contributed by atoms with Crippen molar-refractivity contribution in [3.8, 4) is 11.1 Å². The lowest BCUT2D eigenvalue weighted by molar-refractivity contribution is 0.0892. The summed E-state index contributed by atoms with van der Waals surface area (Å²) in [5.41, 5.74) is 4.06. The number of carbonyl (C=O) groups excluding carboxylic acids is 1. The second kappa shape index (κ2) is 8.62. The first-order valence-corrected chi connectivity index (χ1v) is 8.30. The first-order valence-electron chi connectivity index (χ1n) is 8.30. The molecule has 2 aromatic carbocycles. The second-order valence-corrected chi connectivity index (χ2v) is 6.22. The van der Waals surface area contributed by atoms with E-state index in [1.807, 2.05) is 49.3 Å². The van der Waals surface area contributed by atoms with Gasteiger partial charge >= 0.3 is 0 Å². The lowest BCUT2D eigenvalue weighted by Crippen LogP contribution is -2.37. The molecule has 0 saturated carbocycles. The topological polar surface area (TPSA) is 52.6 Å². The van der Waals surface area contributed by atoms with Crippen LogP contribution in [0.2, 0.25) is 0 Å². The normalized spacial score (nSPS) is 12.2. The summed E-state index contributed by atoms with van der Waals surface area (Å²) in [6.07, 6.45) is 0.372. The van der Waals surface area contributed by atoms with Gasteiger partial charge in [0, 0.05) is 18.7 Å². The summed E-state index contributed by atoms with van der Waals surface area (Å²) in [4.78, 5) is 14.2. The summed E-state index contributed by atoms with van der Waals surface area (Å²) in [6.45, 7) is 2.89. The Bertz CT molecular complexity index is 683. The molecule has 0 fully saturated rings. The molecule has 0 aliphatic heterocycles. The molecule has 0 unspecified atom stereocenters. The zero-order valence-corrected chi connectivity index (χ0v) is 14.6.